The van der Waals surface area contributed by atoms with Crippen LogP contribution in [0.1, 0.15) is 28.7 Å². The standard InChI is InChI=1S/C24H23N/c1-18-8-7-12-21(16-18)24-22(17-19-9-3-2-4-10-19)15-14-20-11-5-6-13-23(20)25-24/h2-13,16,22H,14-15,17H2,1H3. The monoisotopic (exact) mass is 325 g/mol. The van der Waals surface area contributed by atoms with Gasteiger partial charge in [0.25, 0.3) is 0 Å². The first-order chi connectivity index (χ1) is 12.3. The number of fused-ring (bicyclic) bond motifs is 1. The molecule has 0 bridgehead atoms. The lowest BCUT2D eigenvalue weighted by Gasteiger charge is -2.18. The summed E-state index contributed by atoms with van der Waals surface area (Å²) in [7, 11) is 0. The molecule has 0 saturated heterocycles. The van der Waals surface area contributed by atoms with Crippen LogP contribution in [0.25, 0.3) is 0 Å². The fourth-order valence-corrected chi connectivity index (χ4v) is 3.72. The van der Waals surface area contributed by atoms with Gasteiger partial charge in [-0.25, -0.2) is 0 Å². The molecule has 0 aliphatic carbocycles. The summed E-state index contributed by atoms with van der Waals surface area (Å²) in [5.41, 5.74) is 7.67. The molecular formula is C24H23N. The quantitative estimate of drug-likeness (QED) is 0.566. The van der Waals surface area contributed by atoms with Crippen LogP contribution in [0.5, 0.6) is 0 Å². The maximum atomic E-state index is 5.14. The van der Waals surface area contributed by atoms with Crippen molar-refractivity contribution in [1.82, 2.24) is 0 Å². The highest BCUT2D eigenvalue weighted by Gasteiger charge is 2.22. The molecule has 1 aliphatic rings. The summed E-state index contributed by atoms with van der Waals surface area (Å²) in [5, 5.41) is 0. The van der Waals surface area contributed by atoms with Crippen molar-refractivity contribution >= 4 is 11.4 Å². The van der Waals surface area contributed by atoms with E-state index >= 15 is 0 Å². The number of para-hydroxylation sites is 1. The zero-order chi connectivity index (χ0) is 17.1. The lowest BCUT2D eigenvalue weighted by molar-refractivity contribution is 0.628. The number of aliphatic imine (C=N–C) groups is 1. The van der Waals surface area contributed by atoms with E-state index in [0.717, 1.165) is 24.9 Å². The molecule has 25 heavy (non-hydrogen) atoms. The van der Waals surface area contributed by atoms with Crippen molar-refractivity contribution < 1.29 is 0 Å². The zero-order valence-electron chi connectivity index (χ0n) is 14.7. The van der Waals surface area contributed by atoms with Crippen LogP contribution in [0.2, 0.25) is 0 Å². The van der Waals surface area contributed by atoms with Gasteiger partial charge in [-0.15, -0.1) is 0 Å². The molecule has 1 atom stereocenters. The molecule has 0 saturated carbocycles. The third-order valence-corrected chi connectivity index (χ3v) is 5.02. The number of aryl methyl sites for hydroxylation is 2. The Kier molecular flexibility index (Phi) is 4.47. The van der Waals surface area contributed by atoms with Crippen LogP contribution in [0.4, 0.5) is 5.69 Å². The molecule has 0 spiro atoms. The van der Waals surface area contributed by atoms with E-state index in [0.29, 0.717) is 5.92 Å². The van der Waals surface area contributed by atoms with Gasteiger partial charge >= 0.3 is 0 Å². The van der Waals surface area contributed by atoms with Crippen LogP contribution in [0, 0.1) is 12.8 Å². The second-order valence-corrected chi connectivity index (χ2v) is 6.92. The number of nitrogens with zero attached hydrogens (tertiary/aromatic N) is 1. The SMILES string of the molecule is Cc1cccc(C2=Nc3ccccc3CCC2Cc2ccccc2)c1. The molecule has 3 aromatic rings. The molecule has 0 N–H and O–H groups in total. The first-order valence-electron chi connectivity index (χ1n) is 9.07. The Morgan fingerprint density at radius 3 is 2.52 bits per heavy atom. The number of hydrogen-bond acceptors (Lipinski definition) is 1. The predicted octanol–water partition coefficient (Wildman–Crippen LogP) is 5.92. The first kappa shape index (κ1) is 15.8. The van der Waals surface area contributed by atoms with Crippen LogP contribution in [0.3, 0.4) is 0 Å². The van der Waals surface area contributed by atoms with Crippen LogP contribution < -0.4 is 0 Å². The molecule has 0 radical (unpaired) electrons. The molecule has 124 valence electrons. The van der Waals surface area contributed by atoms with E-state index in [1.165, 1.54) is 28.0 Å². The van der Waals surface area contributed by atoms with Crippen molar-refractivity contribution in [3.8, 4) is 0 Å². The van der Waals surface area contributed by atoms with Crippen molar-refractivity contribution in [2.24, 2.45) is 10.9 Å². The van der Waals surface area contributed by atoms with Crippen LogP contribution >= 0.6 is 0 Å². The minimum atomic E-state index is 0.441. The molecule has 1 heterocycles. The second kappa shape index (κ2) is 7.06. The smallest absolute Gasteiger partial charge is 0.0665 e. The van der Waals surface area contributed by atoms with Gasteiger partial charge in [-0.1, -0.05) is 78.4 Å². The minimum absolute atomic E-state index is 0.441. The highest BCUT2D eigenvalue weighted by atomic mass is 14.8. The van der Waals surface area contributed by atoms with Gasteiger partial charge in [0.2, 0.25) is 0 Å². The summed E-state index contributed by atoms with van der Waals surface area (Å²) in [6, 6.07) is 28.2. The molecule has 1 heteroatoms. The van der Waals surface area contributed by atoms with E-state index < -0.39 is 0 Å². The molecule has 0 fully saturated rings. The fraction of sp³-hybridized carbons (Fsp3) is 0.208. The molecule has 0 amide bonds. The number of hydrogen-bond donors (Lipinski definition) is 0. The van der Waals surface area contributed by atoms with Gasteiger partial charge < -0.3 is 0 Å². The van der Waals surface area contributed by atoms with E-state index in [2.05, 4.69) is 85.8 Å². The summed E-state index contributed by atoms with van der Waals surface area (Å²) in [4.78, 5) is 5.14. The van der Waals surface area contributed by atoms with Crippen LogP contribution in [-0.2, 0) is 12.8 Å². The maximum absolute atomic E-state index is 5.14. The summed E-state index contributed by atoms with van der Waals surface area (Å²) in [5.74, 6) is 0.441. The van der Waals surface area contributed by atoms with Gasteiger partial charge in [-0.3, -0.25) is 4.99 Å². The molecule has 0 aromatic heterocycles. The molecule has 4 rings (SSSR count). The van der Waals surface area contributed by atoms with Crippen LogP contribution in [0.15, 0.2) is 83.9 Å². The third kappa shape index (κ3) is 3.56. The molecule has 3 aromatic carbocycles. The third-order valence-electron chi connectivity index (χ3n) is 5.02. The number of rotatable bonds is 3. The van der Waals surface area contributed by atoms with Crippen LogP contribution in [-0.4, -0.2) is 5.71 Å². The highest BCUT2D eigenvalue weighted by molar-refractivity contribution is 6.04. The van der Waals surface area contributed by atoms with Gasteiger partial charge in [0.1, 0.15) is 0 Å². The second-order valence-electron chi connectivity index (χ2n) is 6.92. The van der Waals surface area contributed by atoms with E-state index in [-0.39, 0.29) is 0 Å². The molecule has 1 nitrogen and oxygen atoms in total. The zero-order valence-corrected chi connectivity index (χ0v) is 14.7. The summed E-state index contributed by atoms with van der Waals surface area (Å²) >= 11 is 0. The lowest BCUT2D eigenvalue weighted by atomic mass is 9.86. The predicted molar refractivity (Wildman–Crippen MR) is 106 cm³/mol. The molecule has 1 aliphatic heterocycles. The van der Waals surface area contributed by atoms with E-state index in [1.807, 2.05) is 0 Å². The highest BCUT2D eigenvalue weighted by Crippen LogP contribution is 2.31. The Hall–Kier alpha value is -2.67. The topological polar surface area (TPSA) is 12.4 Å². The Labute approximate surface area is 150 Å². The van der Waals surface area contributed by atoms with Crippen molar-refractivity contribution in [2.75, 3.05) is 0 Å². The van der Waals surface area contributed by atoms with Gasteiger partial charge in [-0.2, -0.15) is 0 Å². The first-order valence-corrected chi connectivity index (χ1v) is 9.07. The van der Waals surface area contributed by atoms with Crippen molar-refractivity contribution in [2.45, 2.75) is 26.2 Å². The Bertz CT molecular complexity index is 893. The lowest BCUT2D eigenvalue weighted by Crippen LogP contribution is -2.18. The fourth-order valence-electron chi connectivity index (χ4n) is 3.72. The largest absolute Gasteiger partial charge is 0.252 e. The minimum Gasteiger partial charge on any atom is -0.252 e. The molecular weight excluding hydrogens is 302 g/mol. The Morgan fingerprint density at radius 2 is 1.68 bits per heavy atom. The van der Waals surface area contributed by atoms with Crippen molar-refractivity contribution in [3.05, 3.63) is 101 Å². The Balaban J connectivity index is 1.77. The normalized spacial score (nSPS) is 16.7. The average molecular weight is 325 g/mol. The summed E-state index contributed by atoms with van der Waals surface area (Å²) < 4.78 is 0. The van der Waals surface area contributed by atoms with E-state index in [1.54, 1.807) is 0 Å². The maximum Gasteiger partial charge on any atom is 0.0665 e. The molecule has 1 unspecified atom stereocenters. The van der Waals surface area contributed by atoms with E-state index in [9.17, 15) is 0 Å². The summed E-state index contributed by atoms with van der Waals surface area (Å²) in [6.45, 7) is 2.15. The van der Waals surface area contributed by atoms with E-state index in [4.69, 9.17) is 4.99 Å². The number of benzene rings is 3. The van der Waals surface area contributed by atoms with Gasteiger partial charge in [0.15, 0.2) is 0 Å². The van der Waals surface area contributed by atoms with Gasteiger partial charge in [0, 0.05) is 5.92 Å². The van der Waals surface area contributed by atoms with Crippen molar-refractivity contribution in [1.29, 1.82) is 0 Å². The summed E-state index contributed by atoms with van der Waals surface area (Å²) in [6.07, 6.45) is 3.27. The van der Waals surface area contributed by atoms with Crippen molar-refractivity contribution in [3.63, 3.8) is 0 Å². The van der Waals surface area contributed by atoms with Gasteiger partial charge in [0.05, 0.1) is 11.4 Å². The van der Waals surface area contributed by atoms with Gasteiger partial charge in [-0.05, 0) is 48.9 Å². The average Bonchev–Trinajstić information content (AvgIpc) is 2.83. The Morgan fingerprint density at radius 1 is 0.880 bits per heavy atom.